The van der Waals surface area contributed by atoms with Gasteiger partial charge in [0.05, 0.1) is 0 Å². The van der Waals surface area contributed by atoms with Crippen molar-refractivity contribution in [3.8, 4) is 11.1 Å². The molecule has 0 fully saturated rings. The lowest BCUT2D eigenvalue weighted by atomic mass is 9.98. The van der Waals surface area contributed by atoms with E-state index in [1.165, 1.54) is 18.2 Å². The number of hydrogen-bond acceptors (Lipinski definition) is 5. The summed E-state index contributed by atoms with van der Waals surface area (Å²) < 4.78 is 5.52. The zero-order valence-electron chi connectivity index (χ0n) is 18.5. The molecule has 0 saturated carbocycles. The molecule has 0 aliphatic heterocycles. The Morgan fingerprint density at radius 3 is 2.23 bits per heavy atom. The van der Waals surface area contributed by atoms with Crippen molar-refractivity contribution in [2.24, 2.45) is 0 Å². The Labute approximate surface area is 206 Å². The lowest BCUT2D eigenvalue weighted by molar-refractivity contribution is -0.146. The fourth-order valence-electron chi connectivity index (χ4n) is 4.09. The van der Waals surface area contributed by atoms with Gasteiger partial charge in [-0.1, -0.05) is 60.1 Å². The van der Waals surface area contributed by atoms with Crippen molar-refractivity contribution < 1.29 is 29.3 Å². The number of amides is 2. The summed E-state index contributed by atoms with van der Waals surface area (Å²) in [6.45, 7) is 0.0909. The summed E-state index contributed by atoms with van der Waals surface area (Å²) in [5.41, 5.74) is 4.87. The van der Waals surface area contributed by atoms with Crippen molar-refractivity contribution in [2.75, 3.05) is 18.5 Å². The van der Waals surface area contributed by atoms with Crippen LogP contribution in [0.2, 0.25) is 5.02 Å². The number of ether oxygens (including phenoxy) is 1. The molecule has 0 unspecified atom stereocenters. The summed E-state index contributed by atoms with van der Waals surface area (Å²) in [6, 6.07) is 20.3. The fraction of sp³-hybridized carbons (Fsp3) is 0.192. The number of rotatable bonds is 8. The second kappa shape index (κ2) is 10.6. The quantitative estimate of drug-likeness (QED) is 0.370. The molecule has 0 bridgehead atoms. The lowest BCUT2D eigenvalue weighted by Crippen LogP contribution is -2.30. The van der Waals surface area contributed by atoms with Crippen molar-refractivity contribution >= 4 is 35.3 Å². The van der Waals surface area contributed by atoms with Crippen molar-refractivity contribution in [3.63, 3.8) is 0 Å². The first-order valence-corrected chi connectivity index (χ1v) is 11.3. The second-order valence-electron chi connectivity index (χ2n) is 8.08. The molecule has 1 atom stereocenters. The summed E-state index contributed by atoms with van der Waals surface area (Å²) in [6.07, 6.45) is -2.41. The molecule has 3 aromatic rings. The number of carboxylic acid groups (broad SMARTS) is 1. The average molecular weight is 495 g/mol. The van der Waals surface area contributed by atoms with Crippen LogP contribution in [0.3, 0.4) is 0 Å². The topological polar surface area (TPSA) is 125 Å². The summed E-state index contributed by atoms with van der Waals surface area (Å²) >= 11 is 6.11. The number of benzene rings is 3. The van der Waals surface area contributed by atoms with Crippen molar-refractivity contribution in [3.05, 3.63) is 88.4 Å². The summed E-state index contributed by atoms with van der Waals surface area (Å²) in [5.74, 6) is -1.98. The van der Waals surface area contributed by atoms with E-state index in [9.17, 15) is 19.5 Å². The zero-order chi connectivity index (χ0) is 24.9. The van der Waals surface area contributed by atoms with Gasteiger partial charge in [0.2, 0.25) is 0 Å². The van der Waals surface area contributed by atoms with E-state index in [0.717, 1.165) is 22.3 Å². The zero-order valence-corrected chi connectivity index (χ0v) is 19.3. The Bertz CT molecular complexity index is 1230. The molecule has 1 aliphatic rings. The van der Waals surface area contributed by atoms with Crippen LogP contribution < -0.4 is 10.6 Å². The maximum Gasteiger partial charge on any atom is 0.411 e. The van der Waals surface area contributed by atoms with E-state index in [-0.39, 0.29) is 41.8 Å². The maximum absolute atomic E-state index is 12.5. The molecule has 0 saturated heterocycles. The summed E-state index contributed by atoms with van der Waals surface area (Å²) in [5, 5.41) is 23.3. The Balaban J connectivity index is 1.38. The molecule has 1 aliphatic carbocycles. The molecule has 4 rings (SSSR count). The number of aliphatic hydroxyl groups is 1. The van der Waals surface area contributed by atoms with Gasteiger partial charge in [-0.3, -0.25) is 10.1 Å². The number of halogens is 1. The van der Waals surface area contributed by atoms with Gasteiger partial charge in [-0.25, -0.2) is 9.59 Å². The standard InChI is InChI=1S/C26H23ClN2O6/c27-16-11-15(24(31)28-10-9-23(30)25(32)33)12-17(13-16)29-26(34)35-14-22-20-7-3-1-5-18(20)19-6-2-4-8-21(19)22/h1-8,11-13,22-23,30H,9-10,14H2,(H,28,31)(H,29,34)(H,32,33)/t23-/m0/s1. The van der Waals surface area contributed by atoms with Crippen LogP contribution in [-0.4, -0.2) is 47.4 Å². The molecule has 2 amide bonds. The van der Waals surface area contributed by atoms with E-state index in [0.29, 0.717) is 0 Å². The summed E-state index contributed by atoms with van der Waals surface area (Å²) in [4.78, 5) is 35.6. The van der Waals surface area contributed by atoms with Crippen LogP contribution in [0.25, 0.3) is 11.1 Å². The number of nitrogens with one attached hydrogen (secondary N) is 2. The predicted molar refractivity (Wildman–Crippen MR) is 131 cm³/mol. The van der Waals surface area contributed by atoms with E-state index < -0.39 is 24.1 Å². The highest BCUT2D eigenvalue weighted by Crippen LogP contribution is 2.44. The monoisotopic (exact) mass is 494 g/mol. The first-order valence-electron chi connectivity index (χ1n) is 10.9. The highest BCUT2D eigenvalue weighted by molar-refractivity contribution is 6.31. The third-order valence-corrected chi connectivity index (χ3v) is 5.96. The van der Waals surface area contributed by atoms with Gasteiger partial charge in [-0.2, -0.15) is 0 Å². The normalized spacial score (nSPS) is 12.9. The van der Waals surface area contributed by atoms with Gasteiger partial charge in [0.15, 0.2) is 6.10 Å². The second-order valence-corrected chi connectivity index (χ2v) is 8.51. The minimum absolute atomic E-state index is 0.0477. The first-order chi connectivity index (χ1) is 16.8. The van der Waals surface area contributed by atoms with Crippen LogP contribution in [0, 0.1) is 0 Å². The molecule has 3 aromatic carbocycles. The van der Waals surface area contributed by atoms with Crippen LogP contribution in [0.1, 0.15) is 33.8 Å². The number of anilines is 1. The SMILES string of the molecule is O=C(Nc1cc(Cl)cc(C(=O)NCC[C@H](O)C(=O)O)c1)OCC1c2ccccc2-c2ccccc21. The minimum Gasteiger partial charge on any atom is -0.479 e. The minimum atomic E-state index is -1.57. The van der Waals surface area contributed by atoms with E-state index in [4.69, 9.17) is 21.4 Å². The van der Waals surface area contributed by atoms with Crippen LogP contribution in [-0.2, 0) is 9.53 Å². The predicted octanol–water partition coefficient (Wildman–Crippen LogP) is 4.27. The van der Waals surface area contributed by atoms with E-state index in [1.54, 1.807) is 0 Å². The van der Waals surface area contributed by atoms with Gasteiger partial charge in [-0.05, 0) is 40.5 Å². The molecule has 35 heavy (non-hydrogen) atoms. The van der Waals surface area contributed by atoms with E-state index in [1.807, 2.05) is 36.4 Å². The van der Waals surface area contributed by atoms with Gasteiger partial charge >= 0.3 is 12.1 Å². The van der Waals surface area contributed by atoms with Gasteiger partial charge in [0.1, 0.15) is 6.61 Å². The Hall–Kier alpha value is -3.88. The molecule has 0 aromatic heterocycles. The number of aliphatic hydroxyl groups excluding tert-OH is 1. The molecular formula is C26H23ClN2O6. The molecule has 180 valence electrons. The third kappa shape index (κ3) is 5.62. The maximum atomic E-state index is 12.5. The largest absolute Gasteiger partial charge is 0.479 e. The Kier molecular flexibility index (Phi) is 7.33. The van der Waals surface area contributed by atoms with Crippen molar-refractivity contribution in [1.82, 2.24) is 5.32 Å². The van der Waals surface area contributed by atoms with Gasteiger partial charge in [0.25, 0.3) is 5.91 Å². The molecule has 9 heteroatoms. The first kappa shape index (κ1) is 24.3. The molecule has 0 spiro atoms. The Morgan fingerprint density at radius 2 is 1.60 bits per heavy atom. The van der Waals surface area contributed by atoms with Crippen molar-refractivity contribution in [2.45, 2.75) is 18.4 Å². The van der Waals surface area contributed by atoms with Gasteiger partial charge < -0.3 is 20.3 Å². The van der Waals surface area contributed by atoms with Gasteiger partial charge in [0, 0.05) is 35.2 Å². The number of carbonyl (C=O) groups excluding carboxylic acids is 2. The molecule has 4 N–H and O–H groups in total. The molecule has 0 heterocycles. The number of aliphatic carboxylic acids is 1. The molecule has 0 radical (unpaired) electrons. The highest BCUT2D eigenvalue weighted by atomic mass is 35.5. The van der Waals surface area contributed by atoms with Crippen LogP contribution in [0.4, 0.5) is 10.5 Å². The smallest absolute Gasteiger partial charge is 0.411 e. The molecule has 8 nitrogen and oxygen atoms in total. The number of fused-ring (bicyclic) bond motifs is 3. The van der Waals surface area contributed by atoms with Crippen molar-refractivity contribution in [1.29, 1.82) is 0 Å². The van der Waals surface area contributed by atoms with Crippen LogP contribution in [0.15, 0.2) is 66.7 Å². The van der Waals surface area contributed by atoms with Gasteiger partial charge in [-0.15, -0.1) is 0 Å². The number of carboxylic acids is 1. The average Bonchev–Trinajstić information content (AvgIpc) is 3.16. The lowest BCUT2D eigenvalue weighted by Gasteiger charge is -2.15. The molecular weight excluding hydrogens is 472 g/mol. The number of carbonyl (C=O) groups is 3. The third-order valence-electron chi connectivity index (χ3n) is 5.74. The summed E-state index contributed by atoms with van der Waals surface area (Å²) in [7, 11) is 0. The van der Waals surface area contributed by atoms with Crippen LogP contribution >= 0.6 is 11.6 Å². The van der Waals surface area contributed by atoms with Crippen LogP contribution in [0.5, 0.6) is 0 Å². The highest BCUT2D eigenvalue weighted by Gasteiger charge is 2.29. The van der Waals surface area contributed by atoms with E-state index >= 15 is 0 Å². The fourth-order valence-corrected chi connectivity index (χ4v) is 4.33. The number of hydrogen-bond donors (Lipinski definition) is 4. The van der Waals surface area contributed by atoms with E-state index in [2.05, 4.69) is 22.8 Å². The Morgan fingerprint density at radius 1 is 0.971 bits per heavy atom.